The maximum atomic E-state index is 12.7. The number of benzene rings is 3. The van der Waals surface area contributed by atoms with Gasteiger partial charge in [-0.3, -0.25) is 4.79 Å². The summed E-state index contributed by atoms with van der Waals surface area (Å²) < 4.78 is 11.8. The summed E-state index contributed by atoms with van der Waals surface area (Å²) >= 11 is 12.0. The standard InChI is InChI=1S/C23H16Cl2O3/c1-14-20(27-13-15-5-3-2-4-6-15)10-8-17-22(26)21(28-23(14)17)12-16-7-9-18(24)19(25)11-16/h2-12H,13H2,1H3/b21-12-. The van der Waals surface area contributed by atoms with Crippen molar-refractivity contribution in [2.75, 3.05) is 0 Å². The molecular formula is C23H16Cl2O3. The number of ether oxygens (including phenoxy) is 2. The lowest BCUT2D eigenvalue weighted by atomic mass is 10.1. The van der Waals surface area contributed by atoms with Crippen LogP contribution in [0.1, 0.15) is 27.0 Å². The Bertz CT molecular complexity index is 1090. The highest BCUT2D eigenvalue weighted by atomic mass is 35.5. The number of halogens is 2. The van der Waals surface area contributed by atoms with Crippen molar-refractivity contribution in [1.82, 2.24) is 0 Å². The Labute approximate surface area is 173 Å². The van der Waals surface area contributed by atoms with Gasteiger partial charge in [0.1, 0.15) is 18.1 Å². The van der Waals surface area contributed by atoms with Gasteiger partial charge in [0.25, 0.3) is 0 Å². The second kappa shape index (κ2) is 7.70. The normalized spacial score (nSPS) is 14.1. The molecule has 0 spiro atoms. The highest BCUT2D eigenvalue weighted by Crippen LogP contribution is 2.39. The van der Waals surface area contributed by atoms with E-state index in [0.29, 0.717) is 33.7 Å². The van der Waals surface area contributed by atoms with Crippen molar-refractivity contribution in [3.8, 4) is 11.5 Å². The Morgan fingerprint density at radius 2 is 1.79 bits per heavy atom. The van der Waals surface area contributed by atoms with Crippen molar-refractivity contribution in [3.63, 3.8) is 0 Å². The maximum absolute atomic E-state index is 12.7. The molecule has 3 nitrogen and oxygen atoms in total. The van der Waals surface area contributed by atoms with E-state index in [0.717, 1.165) is 16.7 Å². The number of carbonyl (C=O) groups is 1. The lowest BCUT2D eigenvalue weighted by Gasteiger charge is -2.11. The number of Topliss-reactive ketones (excluding diaryl/α,β-unsaturated/α-hetero) is 1. The number of allylic oxidation sites excluding steroid dienone is 1. The molecular weight excluding hydrogens is 395 g/mol. The molecule has 140 valence electrons. The van der Waals surface area contributed by atoms with Crippen molar-refractivity contribution < 1.29 is 14.3 Å². The van der Waals surface area contributed by atoms with Gasteiger partial charge in [-0.05, 0) is 48.4 Å². The molecule has 1 aliphatic rings. The number of carbonyl (C=O) groups excluding carboxylic acids is 1. The van der Waals surface area contributed by atoms with Crippen LogP contribution in [0.25, 0.3) is 6.08 Å². The summed E-state index contributed by atoms with van der Waals surface area (Å²) in [5, 5.41) is 0.883. The summed E-state index contributed by atoms with van der Waals surface area (Å²) in [7, 11) is 0. The Morgan fingerprint density at radius 1 is 1.00 bits per heavy atom. The summed E-state index contributed by atoms with van der Waals surface area (Å²) in [6.07, 6.45) is 1.66. The number of hydrogen-bond donors (Lipinski definition) is 0. The highest BCUT2D eigenvalue weighted by Gasteiger charge is 2.30. The molecule has 0 unspecified atom stereocenters. The van der Waals surface area contributed by atoms with Crippen LogP contribution < -0.4 is 9.47 Å². The zero-order valence-electron chi connectivity index (χ0n) is 15.0. The summed E-state index contributed by atoms with van der Waals surface area (Å²) in [4.78, 5) is 12.7. The third-order valence-corrected chi connectivity index (χ3v) is 5.25. The van der Waals surface area contributed by atoms with E-state index < -0.39 is 0 Å². The highest BCUT2D eigenvalue weighted by molar-refractivity contribution is 6.42. The first-order valence-corrected chi connectivity index (χ1v) is 9.48. The van der Waals surface area contributed by atoms with Crippen LogP contribution in [0.5, 0.6) is 11.5 Å². The minimum atomic E-state index is -0.168. The molecule has 3 aromatic carbocycles. The molecule has 0 bridgehead atoms. The Morgan fingerprint density at radius 3 is 2.54 bits per heavy atom. The van der Waals surface area contributed by atoms with Crippen molar-refractivity contribution >= 4 is 35.1 Å². The van der Waals surface area contributed by atoms with Crippen molar-refractivity contribution in [3.05, 3.63) is 98.7 Å². The van der Waals surface area contributed by atoms with Gasteiger partial charge in [0, 0.05) is 5.56 Å². The molecule has 0 aliphatic carbocycles. The minimum Gasteiger partial charge on any atom is -0.488 e. The van der Waals surface area contributed by atoms with E-state index in [-0.39, 0.29) is 11.5 Å². The van der Waals surface area contributed by atoms with Gasteiger partial charge in [0.2, 0.25) is 5.78 Å². The van der Waals surface area contributed by atoms with Crippen molar-refractivity contribution in [2.45, 2.75) is 13.5 Å². The first kappa shape index (κ1) is 18.6. The Balaban J connectivity index is 1.59. The second-order valence-corrected chi connectivity index (χ2v) is 7.27. The minimum absolute atomic E-state index is 0.168. The molecule has 0 amide bonds. The number of ketones is 1. The molecule has 0 radical (unpaired) electrons. The van der Waals surface area contributed by atoms with Crippen LogP contribution in [0.15, 0.2) is 66.4 Å². The van der Waals surface area contributed by atoms with Crippen LogP contribution in [-0.2, 0) is 6.61 Å². The molecule has 1 heterocycles. The van der Waals surface area contributed by atoms with Gasteiger partial charge in [0.15, 0.2) is 5.76 Å². The van der Waals surface area contributed by atoms with Gasteiger partial charge in [0.05, 0.1) is 15.6 Å². The van der Waals surface area contributed by atoms with E-state index in [4.69, 9.17) is 32.7 Å². The average molecular weight is 411 g/mol. The van der Waals surface area contributed by atoms with Gasteiger partial charge in [-0.15, -0.1) is 0 Å². The van der Waals surface area contributed by atoms with Crippen LogP contribution in [-0.4, -0.2) is 5.78 Å². The number of rotatable bonds is 4. The summed E-state index contributed by atoms with van der Waals surface area (Å²) in [6.45, 7) is 2.33. The molecule has 0 saturated carbocycles. The zero-order chi connectivity index (χ0) is 19.7. The van der Waals surface area contributed by atoms with Crippen LogP contribution in [0.3, 0.4) is 0 Å². The van der Waals surface area contributed by atoms with Crippen molar-refractivity contribution in [1.29, 1.82) is 0 Å². The fourth-order valence-electron chi connectivity index (χ4n) is 3.01. The lowest BCUT2D eigenvalue weighted by Crippen LogP contribution is -1.98. The first-order chi connectivity index (χ1) is 13.5. The van der Waals surface area contributed by atoms with Crippen LogP contribution in [0.4, 0.5) is 0 Å². The van der Waals surface area contributed by atoms with Gasteiger partial charge in [-0.25, -0.2) is 0 Å². The molecule has 5 heteroatoms. The third-order valence-electron chi connectivity index (χ3n) is 4.52. The van der Waals surface area contributed by atoms with E-state index in [9.17, 15) is 4.79 Å². The number of fused-ring (bicyclic) bond motifs is 1. The van der Waals surface area contributed by atoms with E-state index >= 15 is 0 Å². The van der Waals surface area contributed by atoms with E-state index in [1.54, 1.807) is 36.4 Å². The van der Waals surface area contributed by atoms with Gasteiger partial charge in [-0.2, -0.15) is 0 Å². The Kier molecular flexibility index (Phi) is 5.12. The van der Waals surface area contributed by atoms with Crippen molar-refractivity contribution in [2.24, 2.45) is 0 Å². The average Bonchev–Trinajstić information content (AvgIpc) is 3.02. The SMILES string of the molecule is Cc1c(OCc2ccccc2)ccc2c1O/C(=C\c1ccc(Cl)c(Cl)c1)C2=O. The first-order valence-electron chi connectivity index (χ1n) is 8.72. The third kappa shape index (κ3) is 3.64. The monoisotopic (exact) mass is 410 g/mol. The molecule has 0 aromatic heterocycles. The van der Waals surface area contributed by atoms with Crippen LogP contribution >= 0.6 is 23.2 Å². The molecule has 0 fully saturated rings. The summed E-state index contributed by atoms with van der Waals surface area (Å²) in [5.74, 6) is 1.29. The molecule has 28 heavy (non-hydrogen) atoms. The molecule has 0 N–H and O–H groups in total. The predicted molar refractivity (Wildman–Crippen MR) is 111 cm³/mol. The summed E-state index contributed by atoms with van der Waals surface area (Å²) in [5.41, 5.74) is 3.12. The smallest absolute Gasteiger partial charge is 0.231 e. The predicted octanol–water partition coefficient (Wildman–Crippen LogP) is 6.50. The van der Waals surface area contributed by atoms with E-state index in [1.807, 2.05) is 37.3 Å². The van der Waals surface area contributed by atoms with E-state index in [2.05, 4.69) is 0 Å². The molecule has 3 aromatic rings. The fraction of sp³-hybridized carbons (Fsp3) is 0.0870. The fourth-order valence-corrected chi connectivity index (χ4v) is 3.32. The van der Waals surface area contributed by atoms with Crippen LogP contribution in [0, 0.1) is 6.92 Å². The van der Waals surface area contributed by atoms with Gasteiger partial charge < -0.3 is 9.47 Å². The van der Waals surface area contributed by atoms with Gasteiger partial charge in [-0.1, -0.05) is 59.6 Å². The maximum Gasteiger partial charge on any atom is 0.231 e. The summed E-state index contributed by atoms with van der Waals surface area (Å²) in [6, 6.07) is 18.6. The largest absolute Gasteiger partial charge is 0.488 e. The van der Waals surface area contributed by atoms with Crippen LogP contribution in [0.2, 0.25) is 10.0 Å². The quantitative estimate of drug-likeness (QED) is 0.460. The lowest BCUT2D eigenvalue weighted by molar-refractivity contribution is 0.101. The molecule has 0 saturated heterocycles. The second-order valence-electron chi connectivity index (χ2n) is 6.45. The molecule has 4 rings (SSSR count). The van der Waals surface area contributed by atoms with E-state index in [1.165, 1.54) is 0 Å². The Hall–Kier alpha value is -2.75. The topological polar surface area (TPSA) is 35.5 Å². The van der Waals surface area contributed by atoms with Gasteiger partial charge >= 0.3 is 0 Å². The molecule has 1 aliphatic heterocycles. The zero-order valence-corrected chi connectivity index (χ0v) is 16.6. The molecule has 0 atom stereocenters. The number of hydrogen-bond acceptors (Lipinski definition) is 3.